The Morgan fingerprint density at radius 1 is 1.71 bits per heavy atom. The van der Waals surface area contributed by atoms with E-state index in [1.807, 2.05) is 0 Å². The Hall–Kier alpha value is -0.0400. The fourth-order valence-electron chi connectivity index (χ4n) is 0.153. The van der Waals surface area contributed by atoms with Crippen LogP contribution in [0.25, 0.3) is 0 Å². The molecule has 44 valence electrons. The molecule has 0 rings (SSSR count). The third-order valence-electron chi connectivity index (χ3n) is 0.357. The molecule has 0 aromatic carbocycles. The largest absolute Gasteiger partial charge is 0.376 e. The van der Waals surface area contributed by atoms with E-state index in [2.05, 4.69) is 0 Å². The molecule has 0 bridgehead atoms. The highest BCUT2D eigenvalue weighted by Crippen LogP contribution is 2.04. The summed E-state index contributed by atoms with van der Waals surface area (Å²) in [6.07, 6.45) is 0. The van der Waals surface area contributed by atoms with Crippen LogP contribution in [0, 0.1) is 0 Å². The van der Waals surface area contributed by atoms with Gasteiger partial charge in [-0.1, -0.05) is 0 Å². The van der Waals surface area contributed by atoms with Gasteiger partial charge in [0.2, 0.25) is 0 Å². The predicted molar refractivity (Wildman–Crippen MR) is 31.4 cm³/mol. The van der Waals surface area contributed by atoms with E-state index in [0.717, 1.165) is 0 Å². The standard InChI is InChI=1S/C6H14O/c1-5-7-6(2,3)4/h5H2,1-4H3/i1D3,5D2. The van der Waals surface area contributed by atoms with E-state index in [0.29, 0.717) is 0 Å². The van der Waals surface area contributed by atoms with E-state index in [1.165, 1.54) is 0 Å². The molecule has 0 saturated heterocycles. The molecule has 7 heavy (non-hydrogen) atoms. The van der Waals surface area contributed by atoms with Crippen molar-refractivity contribution in [3.05, 3.63) is 0 Å². The molecule has 0 atom stereocenters. The maximum absolute atomic E-state index is 7.12. The summed E-state index contributed by atoms with van der Waals surface area (Å²) < 4.78 is 39.5. The zero-order chi connectivity index (χ0) is 10.2. The van der Waals surface area contributed by atoms with Gasteiger partial charge < -0.3 is 4.74 Å². The number of hydrogen-bond donors (Lipinski definition) is 0. The van der Waals surface area contributed by atoms with Crippen LogP contribution in [0.1, 0.15) is 34.5 Å². The maximum atomic E-state index is 7.12. The summed E-state index contributed by atoms with van der Waals surface area (Å²) in [4.78, 5) is 0. The smallest absolute Gasteiger partial charge is 0.0598 e. The van der Waals surface area contributed by atoms with Gasteiger partial charge in [0, 0.05) is 10.7 Å². The molecule has 0 unspecified atom stereocenters. The molecule has 1 heteroatoms. The van der Waals surface area contributed by atoms with Crippen molar-refractivity contribution >= 4 is 0 Å². The molecule has 0 spiro atoms. The Labute approximate surface area is 52.7 Å². The molecule has 0 amide bonds. The monoisotopic (exact) mass is 107 g/mol. The lowest BCUT2D eigenvalue weighted by molar-refractivity contribution is 0.00532. The fourth-order valence-corrected chi connectivity index (χ4v) is 0.153. The summed E-state index contributed by atoms with van der Waals surface area (Å²) in [5.74, 6) is 0. The Balaban J connectivity index is 4.44. The number of hydrogen-bond acceptors (Lipinski definition) is 1. The van der Waals surface area contributed by atoms with Crippen molar-refractivity contribution in [2.24, 2.45) is 0 Å². The average Bonchev–Trinajstić information content (AvgIpc) is 1.52. The van der Waals surface area contributed by atoms with Gasteiger partial charge in [0.05, 0.1) is 8.34 Å². The van der Waals surface area contributed by atoms with Crippen LogP contribution in [0.4, 0.5) is 0 Å². The Morgan fingerprint density at radius 2 is 2.29 bits per heavy atom. The molecular weight excluding hydrogens is 88.1 g/mol. The van der Waals surface area contributed by atoms with E-state index >= 15 is 0 Å². The van der Waals surface area contributed by atoms with Crippen LogP contribution in [0.2, 0.25) is 0 Å². The van der Waals surface area contributed by atoms with Crippen molar-refractivity contribution in [3.63, 3.8) is 0 Å². The van der Waals surface area contributed by atoms with Gasteiger partial charge in [-0.2, -0.15) is 0 Å². The third kappa shape index (κ3) is 5.96. The first kappa shape index (κ1) is 2.06. The molecule has 0 aliphatic carbocycles. The zero-order valence-electron chi connectivity index (χ0n) is 9.91. The first-order chi connectivity index (χ1) is 4.96. The van der Waals surface area contributed by atoms with Crippen LogP contribution in [0.15, 0.2) is 0 Å². The van der Waals surface area contributed by atoms with E-state index in [4.69, 9.17) is 11.6 Å². The van der Waals surface area contributed by atoms with Crippen LogP contribution in [0.5, 0.6) is 0 Å². The van der Waals surface area contributed by atoms with E-state index in [-0.39, 0.29) is 0 Å². The van der Waals surface area contributed by atoms with E-state index in [9.17, 15) is 0 Å². The summed E-state index contributed by atoms with van der Waals surface area (Å²) in [5, 5.41) is 0. The Morgan fingerprint density at radius 3 is 2.43 bits per heavy atom. The summed E-state index contributed by atoms with van der Waals surface area (Å²) in [6.45, 7) is -0.491. The molecule has 0 saturated carbocycles. The average molecular weight is 107 g/mol. The van der Waals surface area contributed by atoms with Crippen LogP contribution < -0.4 is 0 Å². The second kappa shape index (κ2) is 2.31. The van der Waals surface area contributed by atoms with Crippen molar-refractivity contribution in [1.82, 2.24) is 0 Å². The van der Waals surface area contributed by atoms with Gasteiger partial charge in [-0.25, -0.2) is 0 Å². The fraction of sp³-hybridized carbons (Fsp3) is 1.00. The maximum Gasteiger partial charge on any atom is 0.0598 e. The highest BCUT2D eigenvalue weighted by Gasteiger charge is 2.06. The minimum absolute atomic E-state index is 0.794. The van der Waals surface area contributed by atoms with E-state index < -0.39 is 19.0 Å². The predicted octanol–water partition coefficient (Wildman–Crippen LogP) is 1.82. The van der Waals surface area contributed by atoms with Crippen LogP contribution in [-0.2, 0) is 4.74 Å². The Kier molecular flexibility index (Phi) is 0.680. The summed E-state index contributed by atoms with van der Waals surface area (Å²) in [5.41, 5.74) is -0.794. The van der Waals surface area contributed by atoms with Gasteiger partial charge in [0.1, 0.15) is 0 Å². The number of ether oxygens (including phenoxy) is 1. The summed E-state index contributed by atoms with van der Waals surface area (Å²) >= 11 is 0. The highest BCUT2D eigenvalue weighted by atomic mass is 16.5. The van der Waals surface area contributed by atoms with Gasteiger partial charge in [-0.05, 0) is 27.6 Å². The highest BCUT2D eigenvalue weighted by molar-refractivity contribution is 4.56. The van der Waals surface area contributed by atoms with Crippen molar-refractivity contribution in [3.8, 4) is 0 Å². The molecule has 0 radical (unpaired) electrons. The quantitative estimate of drug-likeness (QED) is 0.496. The van der Waals surface area contributed by atoms with Gasteiger partial charge in [0.15, 0.2) is 0 Å². The molecule has 0 aliphatic heterocycles. The summed E-state index contributed by atoms with van der Waals surface area (Å²) in [6, 6.07) is 0. The molecule has 0 aromatic rings. The molecule has 1 nitrogen and oxygen atoms in total. The molecule has 0 N–H and O–H groups in total. The second-order valence-corrected chi connectivity index (χ2v) is 2.32. The minimum Gasteiger partial charge on any atom is -0.376 e. The lowest BCUT2D eigenvalue weighted by atomic mass is 10.2. The van der Waals surface area contributed by atoms with Crippen molar-refractivity contribution in [1.29, 1.82) is 0 Å². The lowest BCUT2D eigenvalue weighted by Gasteiger charge is -2.17. The first-order valence-corrected chi connectivity index (χ1v) is 2.16. The van der Waals surface area contributed by atoms with Crippen molar-refractivity contribution < 1.29 is 11.6 Å². The van der Waals surface area contributed by atoms with Crippen LogP contribution in [0.3, 0.4) is 0 Å². The summed E-state index contributed by atoms with van der Waals surface area (Å²) in [7, 11) is 0. The normalized spacial score (nSPS) is 26.4. The zero-order valence-corrected chi connectivity index (χ0v) is 4.91. The number of rotatable bonds is 1. The van der Waals surface area contributed by atoms with Gasteiger partial charge in [-0.15, -0.1) is 0 Å². The molecule has 0 fully saturated rings. The van der Waals surface area contributed by atoms with Crippen molar-refractivity contribution in [2.75, 3.05) is 6.56 Å². The third-order valence-corrected chi connectivity index (χ3v) is 0.357. The topological polar surface area (TPSA) is 9.23 Å². The molecule has 0 aliphatic rings. The first-order valence-electron chi connectivity index (χ1n) is 4.66. The lowest BCUT2D eigenvalue weighted by Crippen LogP contribution is -2.18. The van der Waals surface area contributed by atoms with Crippen LogP contribution in [-0.4, -0.2) is 12.2 Å². The SMILES string of the molecule is [2H]C([2H])([2H])C([2H])([2H])OC(C)(C)C. The molecular formula is C6H14O. The van der Waals surface area contributed by atoms with Gasteiger partial charge in [-0.3, -0.25) is 0 Å². The minimum atomic E-state index is -2.74. The molecule has 0 aromatic heterocycles. The van der Waals surface area contributed by atoms with Gasteiger partial charge in [0.25, 0.3) is 0 Å². The Bertz CT molecular complexity index is 154. The van der Waals surface area contributed by atoms with Gasteiger partial charge >= 0.3 is 0 Å². The van der Waals surface area contributed by atoms with Crippen LogP contribution >= 0.6 is 0 Å². The molecule has 0 heterocycles. The van der Waals surface area contributed by atoms with Crippen molar-refractivity contribution in [2.45, 2.75) is 33.2 Å². The van der Waals surface area contributed by atoms with E-state index in [1.54, 1.807) is 20.8 Å². The second-order valence-electron chi connectivity index (χ2n) is 2.32.